The molecule has 5 rings (SSSR count). The summed E-state index contributed by atoms with van der Waals surface area (Å²) in [6, 6.07) is 11.6. The van der Waals surface area contributed by atoms with Gasteiger partial charge in [0.2, 0.25) is 5.91 Å². The highest BCUT2D eigenvalue weighted by Crippen LogP contribution is 2.58. The Balaban J connectivity index is 1.30. The van der Waals surface area contributed by atoms with E-state index in [1.54, 1.807) is 30.5 Å². The molecule has 3 aromatic rings. The summed E-state index contributed by atoms with van der Waals surface area (Å²) in [5, 5.41) is 3.71. The van der Waals surface area contributed by atoms with Gasteiger partial charge in [-0.05, 0) is 120 Å². The van der Waals surface area contributed by atoms with Crippen LogP contribution in [0.15, 0.2) is 48.7 Å². The van der Waals surface area contributed by atoms with Crippen LogP contribution in [0.4, 0.5) is 14.5 Å². The molecule has 31 heavy (non-hydrogen) atoms. The fourth-order valence-electron chi connectivity index (χ4n) is 5.51. The Hall–Kier alpha value is -2.09. The number of halogens is 3. The Morgan fingerprint density at radius 1 is 1.03 bits per heavy atom. The summed E-state index contributed by atoms with van der Waals surface area (Å²) in [6.07, 6.45) is 7.56. The number of rotatable bonds is 3. The van der Waals surface area contributed by atoms with E-state index in [9.17, 15) is 13.6 Å². The molecule has 2 saturated carbocycles. The van der Waals surface area contributed by atoms with Crippen LogP contribution in [0.5, 0.6) is 0 Å². The minimum Gasteiger partial charge on any atom is -0.323 e. The van der Waals surface area contributed by atoms with Gasteiger partial charge in [-0.3, -0.25) is 9.78 Å². The molecule has 1 atom stereocenters. The van der Waals surface area contributed by atoms with Crippen molar-refractivity contribution in [3.05, 3.63) is 69.4 Å². The molecule has 3 nitrogen and oxygen atoms in total. The summed E-state index contributed by atoms with van der Waals surface area (Å²) in [5.74, 6) is -0.433. The van der Waals surface area contributed by atoms with Crippen molar-refractivity contribution >= 4 is 45.1 Å². The van der Waals surface area contributed by atoms with Gasteiger partial charge in [0.05, 0.1) is 11.2 Å². The number of nitrogens with zero attached hydrogens (tertiary/aromatic N) is 1. The summed E-state index contributed by atoms with van der Waals surface area (Å²) in [7, 11) is 0. The zero-order chi connectivity index (χ0) is 21.6. The van der Waals surface area contributed by atoms with Crippen molar-refractivity contribution in [1.29, 1.82) is 0 Å². The van der Waals surface area contributed by atoms with E-state index in [-0.39, 0.29) is 28.7 Å². The van der Waals surface area contributed by atoms with Crippen LogP contribution in [0, 0.1) is 26.5 Å². The molecule has 1 aromatic heterocycles. The van der Waals surface area contributed by atoms with Gasteiger partial charge < -0.3 is 5.32 Å². The highest BCUT2D eigenvalue weighted by molar-refractivity contribution is 14.1. The first-order chi connectivity index (χ1) is 14.9. The molecule has 1 heterocycles. The number of carbonyl (C=O) groups is 1. The number of benzene rings is 2. The third-order valence-corrected chi connectivity index (χ3v) is 8.01. The molecule has 1 spiro atoms. The normalized spacial score (nSPS) is 25.4. The van der Waals surface area contributed by atoms with Crippen LogP contribution in [0.25, 0.3) is 10.9 Å². The zero-order valence-electron chi connectivity index (χ0n) is 17.0. The summed E-state index contributed by atoms with van der Waals surface area (Å²) < 4.78 is 28.8. The second-order valence-electron chi connectivity index (χ2n) is 8.90. The maximum absolute atomic E-state index is 14.2. The lowest BCUT2D eigenvalue weighted by atomic mass is 9.52. The molecular formula is C25H23F2IN2O. The van der Waals surface area contributed by atoms with Gasteiger partial charge >= 0.3 is 0 Å². The lowest BCUT2D eigenvalue weighted by Gasteiger charge is -2.52. The summed E-state index contributed by atoms with van der Waals surface area (Å²) in [5.41, 5.74) is 2.24. The Kier molecular flexibility index (Phi) is 5.44. The minimum atomic E-state index is -0.394. The van der Waals surface area contributed by atoms with E-state index in [0.29, 0.717) is 5.92 Å². The summed E-state index contributed by atoms with van der Waals surface area (Å²) in [6.45, 7) is 0. The first-order valence-corrected chi connectivity index (χ1v) is 11.8. The largest absolute Gasteiger partial charge is 0.323 e. The second-order valence-corrected chi connectivity index (χ2v) is 10.1. The van der Waals surface area contributed by atoms with E-state index in [1.807, 2.05) is 6.07 Å². The number of hydrogen-bond donors (Lipinski definition) is 1. The van der Waals surface area contributed by atoms with Crippen LogP contribution >= 0.6 is 22.6 Å². The van der Waals surface area contributed by atoms with Gasteiger partial charge in [-0.15, -0.1) is 0 Å². The first-order valence-electron chi connectivity index (χ1n) is 10.8. The number of anilines is 1. The average molecular weight is 532 g/mol. The molecule has 6 heteroatoms. The molecule has 0 radical (unpaired) electrons. The van der Waals surface area contributed by atoms with E-state index in [0.717, 1.165) is 58.6 Å². The topological polar surface area (TPSA) is 42.0 Å². The van der Waals surface area contributed by atoms with Crippen LogP contribution < -0.4 is 5.32 Å². The number of aromatic nitrogens is 1. The van der Waals surface area contributed by atoms with Crippen molar-refractivity contribution in [3.8, 4) is 0 Å². The minimum absolute atomic E-state index is 0.00828. The van der Waals surface area contributed by atoms with Crippen molar-refractivity contribution in [3.63, 3.8) is 0 Å². The number of carbonyl (C=O) groups excluding carboxylic acids is 1. The van der Waals surface area contributed by atoms with E-state index in [1.165, 1.54) is 12.1 Å². The standard InChI is InChI=1S/C25H23F2IN2O/c26-16-1-3-22-19(13-16)18(8-12-29-22)15-5-9-25(10-6-15)11-7-20(25)24(31)30-23-4-2-17(28)14-21(23)27/h1-4,8,12-15,20H,5-7,9-11H2,(H,30,31)/t15?,20-,25?/m1/s1. The molecule has 1 amide bonds. The van der Waals surface area contributed by atoms with Crippen LogP contribution in [0.1, 0.15) is 50.0 Å². The zero-order valence-corrected chi connectivity index (χ0v) is 19.2. The van der Waals surface area contributed by atoms with Crippen molar-refractivity contribution in [1.82, 2.24) is 4.98 Å². The summed E-state index contributed by atoms with van der Waals surface area (Å²) >= 11 is 2.05. The van der Waals surface area contributed by atoms with E-state index in [2.05, 4.69) is 32.9 Å². The Bertz CT molecular complexity index is 1160. The fourth-order valence-corrected chi connectivity index (χ4v) is 5.97. The number of hydrogen-bond acceptors (Lipinski definition) is 2. The van der Waals surface area contributed by atoms with Crippen LogP contribution in [-0.2, 0) is 4.79 Å². The maximum Gasteiger partial charge on any atom is 0.228 e. The third-order valence-electron chi connectivity index (χ3n) is 7.33. The van der Waals surface area contributed by atoms with E-state index in [4.69, 9.17) is 0 Å². The lowest BCUT2D eigenvalue weighted by molar-refractivity contribution is -0.133. The van der Waals surface area contributed by atoms with Crippen molar-refractivity contribution in [2.75, 3.05) is 5.32 Å². The van der Waals surface area contributed by atoms with E-state index < -0.39 is 5.82 Å². The molecule has 0 aliphatic heterocycles. The van der Waals surface area contributed by atoms with Gasteiger partial charge in [-0.2, -0.15) is 0 Å². The predicted octanol–water partition coefficient (Wildman–Crippen LogP) is 6.81. The smallest absolute Gasteiger partial charge is 0.228 e. The van der Waals surface area contributed by atoms with Crippen LogP contribution in [0.2, 0.25) is 0 Å². The molecule has 0 saturated heterocycles. The Morgan fingerprint density at radius 3 is 2.52 bits per heavy atom. The van der Waals surface area contributed by atoms with Gasteiger partial charge in [-0.1, -0.05) is 0 Å². The number of fused-ring (bicyclic) bond motifs is 1. The average Bonchev–Trinajstić information content (AvgIpc) is 2.74. The first kappa shape index (κ1) is 20.8. The van der Waals surface area contributed by atoms with Gasteiger partial charge in [0.1, 0.15) is 11.6 Å². The Morgan fingerprint density at radius 2 is 1.81 bits per heavy atom. The van der Waals surface area contributed by atoms with Gasteiger partial charge in [0.25, 0.3) is 0 Å². The molecular weight excluding hydrogens is 509 g/mol. The van der Waals surface area contributed by atoms with Crippen molar-refractivity contribution in [2.24, 2.45) is 11.3 Å². The number of amides is 1. The monoisotopic (exact) mass is 532 g/mol. The molecule has 0 unspecified atom stereocenters. The molecule has 2 aromatic carbocycles. The fraction of sp³-hybridized carbons (Fsp3) is 0.360. The molecule has 1 N–H and O–H groups in total. The van der Waals surface area contributed by atoms with Crippen molar-refractivity contribution < 1.29 is 13.6 Å². The molecule has 2 fully saturated rings. The van der Waals surface area contributed by atoms with Crippen LogP contribution in [-0.4, -0.2) is 10.9 Å². The maximum atomic E-state index is 14.2. The molecule has 2 aliphatic rings. The number of nitrogens with one attached hydrogen (secondary N) is 1. The molecule has 0 bridgehead atoms. The number of pyridine rings is 1. The SMILES string of the molecule is O=C(Nc1ccc(I)cc1F)[C@H]1CCC12CCC(c1ccnc3ccc(F)cc13)CC2. The molecule has 160 valence electrons. The summed E-state index contributed by atoms with van der Waals surface area (Å²) in [4.78, 5) is 17.3. The second kappa shape index (κ2) is 8.11. The van der Waals surface area contributed by atoms with Gasteiger partial charge in [0.15, 0.2) is 0 Å². The van der Waals surface area contributed by atoms with Gasteiger partial charge in [0, 0.05) is 21.1 Å². The van der Waals surface area contributed by atoms with E-state index >= 15 is 0 Å². The van der Waals surface area contributed by atoms with Crippen LogP contribution in [0.3, 0.4) is 0 Å². The van der Waals surface area contributed by atoms with Gasteiger partial charge in [-0.25, -0.2) is 8.78 Å². The van der Waals surface area contributed by atoms with Crippen molar-refractivity contribution in [2.45, 2.75) is 44.4 Å². The third kappa shape index (κ3) is 3.83. The quantitative estimate of drug-likeness (QED) is 0.377. The highest BCUT2D eigenvalue weighted by atomic mass is 127. The lowest BCUT2D eigenvalue weighted by Crippen LogP contribution is -2.48. The highest BCUT2D eigenvalue weighted by Gasteiger charge is 2.51. The Labute approximate surface area is 193 Å². The molecule has 2 aliphatic carbocycles. The predicted molar refractivity (Wildman–Crippen MR) is 126 cm³/mol.